The van der Waals surface area contributed by atoms with Crippen LogP contribution in [0.2, 0.25) is 0 Å². The summed E-state index contributed by atoms with van der Waals surface area (Å²) in [5, 5.41) is 13.8. The Morgan fingerprint density at radius 1 is 1.44 bits per heavy atom. The zero-order valence-corrected chi connectivity index (χ0v) is 10.2. The molecular weight excluding hydrogens is 204 g/mol. The van der Waals surface area contributed by atoms with Gasteiger partial charge in [0.1, 0.15) is 0 Å². The van der Waals surface area contributed by atoms with E-state index in [-0.39, 0.29) is 0 Å². The molecular formula is C12H24N2O2. The van der Waals surface area contributed by atoms with E-state index in [4.69, 9.17) is 4.74 Å². The number of nitrogens with one attached hydrogen (secondary N) is 1. The smallest absolute Gasteiger partial charge is 0.0798 e. The predicted molar refractivity (Wildman–Crippen MR) is 63.5 cm³/mol. The van der Waals surface area contributed by atoms with Crippen LogP contribution in [0.25, 0.3) is 0 Å². The topological polar surface area (TPSA) is 44.7 Å². The van der Waals surface area contributed by atoms with Crippen molar-refractivity contribution in [3.05, 3.63) is 0 Å². The van der Waals surface area contributed by atoms with Gasteiger partial charge in [-0.2, -0.15) is 0 Å². The molecule has 16 heavy (non-hydrogen) atoms. The van der Waals surface area contributed by atoms with Crippen molar-refractivity contribution in [2.45, 2.75) is 37.9 Å². The van der Waals surface area contributed by atoms with E-state index in [0.717, 1.165) is 58.6 Å². The molecule has 94 valence electrons. The molecule has 0 aromatic rings. The van der Waals surface area contributed by atoms with Gasteiger partial charge in [-0.3, -0.25) is 4.90 Å². The molecule has 2 aliphatic heterocycles. The van der Waals surface area contributed by atoms with Crippen LogP contribution in [0.1, 0.15) is 26.2 Å². The average Bonchev–Trinajstić information content (AvgIpc) is 2.43. The van der Waals surface area contributed by atoms with Crippen LogP contribution in [0.4, 0.5) is 0 Å². The molecule has 0 saturated carbocycles. The van der Waals surface area contributed by atoms with E-state index in [9.17, 15) is 5.11 Å². The van der Waals surface area contributed by atoms with Crippen LogP contribution in [-0.2, 0) is 4.74 Å². The van der Waals surface area contributed by atoms with Crippen LogP contribution in [0.15, 0.2) is 0 Å². The van der Waals surface area contributed by atoms with E-state index in [1.807, 2.05) is 0 Å². The van der Waals surface area contributed by atoms with Gasteiger partial charge in [0.15, 0.2) is 0 Å². The van der Waals surface area contributed by atoms with E-state index >= 15 is 0 Å². The third-order valence-electron chi connectivity index (χ3n) is 3.59. The summed E-state index contributed by atoms with van der Waals surface area (Å²) in [6.45, 7) is 7.67. The van der Waals surface area contributed by atoms with E-state index in [1.165, 1.54) is 0 Å². The molecule has 0 aliphatic carbocycles. The van der Waals surface area contributed by atoms with Crippen molar-refractivity contribution in [1.29, 1.82) is 0 Å². The van der Waals surface area contributed by atoms with E-state index in [0.29, 0.717) is 6.10 Å². The highest BCUT2D eigenvalue weighted by atomic mass is 16.5. The van der Waals surface area contributed by atoms with Gasteiger partial charge in [-0.1, -0.05) is 0 Å². The molecule has 2 N–H and O–H groups in total. The number of hydrogen-bond acceptors (Lipinski definition) is 4. The van der Waals surface area contributed by atoms with Crippen LogP contribution < -0.4 is 5.32 Å². The van der Waals surface area contributed by atoms with Gasteiger partial charge in [0.25, 0.3) is 0 Å². The maximum Gasteiger partial charge on any atom is 0.0798 e. The molecule has 1 unspecified atom stereocenters. The molecule has 0 bridgehead atoms. The van der Waals surface area contributed by atoms with E-state index in [1.54, 1.807) is 0 Å². The quantitative estimate of drug-likeness (QED) is 0.709. The second-order valence-electron chi connectivity index (χ2n) is 5.24. The number of ether oxygens (including phenoxy) is 1. The summed E-state index contributed by atoms with van der Waals surface area (Å²) >= 11 is 0. The van der Waals surface area contributed by atoms with Gasteiger partial charge in [-0.15, -0.1) is 0 Å². The van der Waals surface area contributed by atoms with Crippen LogP contribution in [0.5, 0.6) is 0 Å². The molecule has 4 nitrogen and oxygen atoms in total. The summed E-state index contributed by atoms with van der Waals surface area (Å²) in [4.78, 5) is 2.36. The maximum atomic E-state index is 10.5. The standard InChI is InChI=1S/C12H24N2O2/c1-11-9-14(7-2-8-16-11)10-12(15)3-5-13-6-4-12/h11,13,15H,2-10H2,1H3. The highest BCUT2D eigenvalue weighted by molar-refractivity contribution is 4.88. The first kappa shape index (κ1) is 12.3. The number of aliphatic hydroxyl groups is 1. The minimum Gasteiger partial charge on any atom is -0.388 e. The number of β-amino-alcohol motifs (C(OH)–C–C–N with tert-alkyl or cyclic N) is 1. The van der Waals surface area contributed by atoms with Crippen molar-refractivity contribution in [3.8, 4) is 0 Å². The summed E-state index contributed by atoms with van der Waals surface area (Å²) in [5.74, 6) is 0. The summed E-state index contributed by atoms with van der Waals surface area (Å²) in [6.07, 6.45) is 3.13. The summed E-state index contributed by atoms with van der Waals surface area (Å²) in [7, 11) is 0. The molecule has 2 fully saturated rings. The first-order chi connectivity index (χ1) is 7.68. The van der Waals surface area contributed by atoms with Gasteiger partial charge in [0, 0.05) is 26.2 Å². The fourth-order valence-corrected chi connectivity index (χ4v) is 2.69. The maximum absolute atomic E-state index is 10.5. The van der Waals surface area contributed by atoms with Crippen LogP contribution in [0.3, 0.4) is 0 Å². The van der Waals surface area contributed by atoms with Gasteiger partial charge in [-0.05, 0) is 39.3 Å². The highest BCUT2D eigenvalue weighted by Gasteiger charge is 2.32. The molecule has 0 spiro atoms. The zero-order chi connectivity index (χ0) is 11.4. The minimum atomic E-state index is -0.477. The number of rotatable bonds is 2. The van der Waals surface area contributed by atoms with Gasteiger partial charge >= 0.3 is 0 Å². The molecule has 4 heteroatoms. The predicted octanol–water partition coefficient (Wildman–Crippen LogP) is 0.212. The molecule has 0 amide bonds. The van der Waals surface area contributed by atoms with Crippen molar-refractivity contribution in [2.24, 2.45) is 0 Å². The second-order valence-corrected chi connectivity index (χ2v) is 5.24. The third kappa shape index (κ3) is 3.42. The van der Waals surface area contributed by atoms with Crippen molar-refractivity contribution in [2.75, 3.05) is 39.3 Å². The monoisotopic (exact) mass is 228 g/mol. The number of hydrogen-bond donors (Lipinski definition) is 2. The minimum absolute atomic E-state index is 0.299. The lowest BCUT2D eigenvalue weighted by molar-refractivity contribution is -0.0255. The Kier molecular flexibility index (Phi) is 4.19. The van der Waals surface area contributed by atoms with Gasteiger partial charge < -0.3 is 15.2 Å². The molecule has 2 aliphatic rings. The Bertz CT molecular complexity index is 217. The molecule has 1 atom stereocenters. The lowest BCUT2D eigenvalue weighted by Crippen LogP contribution is -2.50. The summed E-state index contributed by atoms with van der Waals surface area (Å²) in [5.41, 5.74) is -0.477. The van der Waals surface area contributed by atoms with Gasteiger partial charge in [-0.25, -0.2) is 0 Å². The van der Waals surface area contributed by atoms with E-state index in [2.05, 4.69) is 17.1 Å². The second kappa shape index (κ2) is 5.45. The lowest BCUT2D eigenvalue weighted by Gasteiger charge is -2.37. The Morgan fingerprint density at radius 3 is 2.94 bits per heavy atom. The molecule has 0 aromatic carbocycles. The Labute approximate surface area is 98.0 Å². The third-order valence-corrected chi connectivity index (χ3v) is 3.59. The summed E-state index contributed by atoms with van der Waals surface area (Å²) in [6, 6.07) is 0. The van der Waals surface area contributed by atoms with Crippen LogP contribution in [0, 0.1) is 0 Å². The van der Waals surface area contributed by atoms with Crippen molar-refractivity contribution in [1.82, 2.24) is 10.2 Å². The average molecular weight is 228 g/mol. The normalized spacial score (nSPS) is 32.2. The fraction of sp³-hybridized carbons (Fsp3) is 1.00. The molecule has 2 rings (SSSR count). The molecule has 0 radical (unpaired) electrons. The zero-order valence-electron chi connectivity index (χ0n) is 10.2. The van der Waals surface area contributed by atoms with Gasteiger partial charge in [0.2, 0.25) is 0 Å². The van der Waals surface area contributed by atoms with Crippen LogP contribution >= 0.6 is 0 Å². The first-order valence-electron chi connectivity index (χ1n) is 6.45. The van der Waals surface area contributed by atoms with Crippen LogP contribution in [-0.4, -0.2) is 61.0 Å². The first-order valence-corrected chi connectivity index (χ1v) is 6.45. The Hall–Kier alpha value is -0.160. The van der Waals surface area contributed by atoms with Crippen molar-refractivity contribution < 1.29 is 9.84 Å². The number of nitrogens with zero attached hydrogens (tertiary/aromatic N) is 1. The lowest BCUT2D eigenvalue weighted by atomic mass is 9.91. The number of piperidine rings is 1. The SMILES string of the molecule is CC1CN(CC2(O)CCNCC2)CCCO1. The van der Waals surface area contributed by atoms with Crippen molar-refractivity contribution in [3.63, 3.8) is 0 Å². The molecule has 2 heterocycles. The Balaban J connectivity index is 1.86. The largest absolute Gasteiger partial charge is 0.388 e. The fourth-order valence-electron chi connectivity index (χ4n) is 2.69. The molecule has 2 saturated heterocycles. The Morgan fingerprint density at radius 2 is 2.19 bits per heavy atom. The highest BCUT2D eigenvalue weighted by Crippen LogP contribution is 2.20. The van der Waals surface area contributed by atoms with Gasteiger partial charge in [0.05, 0.1) is 11.7 Å². The van der Waals surface area contributed by atoms with E-state index < -0.39 is 5.60 Å². The summed E-state index contributed by atoms with van der Waals surface area (Å²) < 4.78 is 5.62. The molecule has 0 aromatic heterocycles. The van der Waals surface area contributed by atoms with Crippen molar-refractivity contribution >= 4 is 0 Å².